The summed E-state index contributed by atoms with van der Waals surface area (Å²) in [6.07, 6.45) is 6.48. The zero-order chi connectivity index (χ0) is 20.8. The van der Waals surface area contributed by atoms with Gasteiger partial charge < -0.3 is 15.5 Å². The zero-order valence-electron chi connectivity index (χ0n) is 17.4. The van der Waals surface area contributed by atoms with Crippen LogP contribution in [0.1, 0.15) is 45.4 Å². The topological polar surface area (TPSA) is 73.4 Å². The molecule has 1 amide bonds. The molecular weight excluding hydrogens is 411 g/mol. The Morgan fingerprint density at radius 3 is 2.41 bits per heavy atom. The number of carbonyl (C=O) groups excluding carboxylic acids is 1. The summed E-state index contributed by atoms with van der Waals surface area (Å²) < 4.78 is 0. The van der Waals surface area contributed by atoms with E-state index in [1.807, 2.05) is 6.92 Å². The highest BCUT2D eigenvalue weighted by molar-refractivity contribution is 6.42. The Balaban J connectivity index is 1.41. The summed E-state index contributed by atoms with van der Waals surface area (Å²) >= 11 is 12.5. The van der Waals surface area contributed by atoms with Gasteiger partial charge in [0.05, 0.1) is 0 Å². The number of rotatable bonds is 7. The summed E-state index contributed by atoms with van der Waals surface area (Å²) in [4.78, 5) is 24.9. The summed E-state index contributed by atoms with van der Waals surface area (Å²) in [5.74, 6) is 2.15. The van der Waals surface area contributed by atoms with Crippen molar-refractivity contribution in [3.05, 3.63) is 10.2 Å². The van der Waals surface area contributed by atoms with Crippen molar-refractivity contribution in [1.29, 1.82) is 0 Å². The van der Waals surface area contributed by atoms with E-state index in [4.69, 9.17) is 23.2 Å². The van der Waals surface area contributed by atoms with E-state index in [0.29, 0.717) is 29.3 Å². The number of aromatic nitrogens is 2. The van der Waals surface area contributed by atoms with E-state index in [0.717, 1.165) is 51.5 Å². The smallest absolute Gasteiger partial charge is 0.225 e. The fourth-order valence-corrected chi connectivity index (χ4v) is 4.57. The number of carbonyl (C=O) groups is 1. The van der Waals surface area contributed by atoms with Crippen molar-refractivity contribution in [3.8, 4) is 0 Å². The normalized spacial score (nSPS) is 23.1. The molecule has 2 heterocycles. The first kappa shape index (κ1) is 22.4. The molecule has 29 heavy (non-hydrogen) atoms. The molecule has 162 valence electrons. The van der Waals surface area contributed by atoms with Gasteiger partial charge in [0.2, 0.25) is 11.9 Å². The maximum Gasteiger partial charge on any atom is 0.225 e. The second-order valence-electron chi connectivity index (χ2n) is 7.98. The summed E-state index contributed by atoms with van der Waals surface area (Å²) in [6, 6.07) is 0.384. The molecule has 0 unspecified atom stereocenters. The van der Waals surface area contributed by atoms with Gasteiger partial charge in [0.15, 0.2) is 11.0 Å². The molecule has 1 aromatic rings. The fourth-order valence-electron chi connectivity index (χ4n) is 4.20. The maximum atomic E-state index is 11.5. The SMILES string of the molecule is CCC(=O)NC1CCC(CCN2CCN(c3nc(NC)nc(Cl)c3Cl)CC2)CC1. The number of nitrogens with one attached hydrogen (secondary N) is 2. The highest BCUT2D eigenvalue weighted by Gasteiger charge is 2.25. The summed E-state index contributed by atoms with van der Waals surface area (Å²) in [5, 5.41) is 6.78. The van der Waals surface area contributed by atoms with E-state index in [-0.39, 0.29) is 11.1 Å². The van der Waals surface area contributed by atoms with Crippen molar-refractivity contribution in [2.24, 2.45) is 5.92 Å². The maximum absolute atomic E-state index is 11.5. The van der Waals surface area contributed by atoms with E-state index in [1.165, 1.54) is 19.3 Å². The third-order valence-electron chi connectivity index (χ3n) is 6.08. The molecule has 7 nitrogen and oxygen atoms in total. The van der Waals surface area contributed by atoms with Gasteiger partial charge in [0, 0.05) is 45.7 Å². The van der Waals surface area contributed by atoms with Gasteiger partial charge in [-0.2, -0.15) is 9.97 Å². The molecule has 1 saturated heterocycles. The number of amides is 1. The first-order valence-electron chi connectivity index (χ1n) is 10.7. The fraction of sp³-hybridized carbons (Fsp3) is 0.750. The van der Waals surface area contributed by atoms with Crippen LogP contribution in [0.4, 0.5) is 11.8 Å². The number of hydrogen-bond donors (Lipinski definition) is 2. The number of halogens is 2. The molecule has 1 aliphatic heterocycles. The second kappa shape index (κ2) is 10.6. The molecule has 2 fully saturated rings. The van der Waals surface area contributed by atoms with Crippen molar-refractivity contribution in [1.82, 2.24) is 20.2 Å². The molecular formula is C20H32Cl2N6O. The average molecular weight is 443 g/mol. The Labute approximate surface area is 183 Å². The lowest BCUT2D eigenvalue weighted by molar-refractivity contribution is -0.121. The minimum absolute atomic E-state index is 0.179. The molecule has 0 radical (unpaired) electrons. The molecule has 0 spiro atoms. The summed E-state index contributed by atoms with van der Waals surface area (Å²) in [6.45, 7) is 6.79. The van der Waals surface area contributed by atoms with E-state index in [2.05, 4.69) is 30.4 Å². The van der Waals surface area contributed by atoms with Crippen molar-refractivity contribution < 1.29 is 4.79 Å². The van der Waals surface area contributed by atoms with Crippen LogP contribution in [0.3, 0.4) is 0 Å². The van der Waals surface area contributed by atoms with Crippen molar-refractivity contribution in [2.75, 3.05) is 50.0 Å². The van der Waals surface area contributed by atoms with E-state index in [9.17, 15) is 4.79 Å². The van der Waals surface area contributed by atoms with Gasteiger partial charge in [-0.15, -0.1) is 0 Å². The highest BCUT2D eigenvalue weighted by atomic mass is 35.5. The number of piperazine rings is 1. The van der Waals surface area contributed by atoms with Gasteiger partial charge in [0.25, 0.3) is 0 Å². The van der Waals surface area contributed by atoms with Crippen molar-refractivity contribution in [2.45, 2.75) is 51.5 Å². The molecule has 3 rings (SSSR count). The van der Waals surface area contributed by atoms with E-state index in [1.54, 1.807) is 7.05 Å². The van der Waals surface area contributed by atoms with Crippen LogP contribution in [0.25, 0.3) is 0 Å². The zero-order valence-corrected chi connectivity index (χ0v) is 18.9. The number of nitrogens with zero attached hydrogens (tertiary/aromatic N) is 4. The Morgan fingerprint density at radius 2 is 1.79 bits per heavy atom. The first-order valence-corrected chi connectivity index (χ1v) is 11.4. The Hall–Kier alpha value is -1.31. The van der Waals surface area contributed by atoms with E-state index < -0.39 is 0 Å². The van der Waals surface area contributed by atoms with Gasteiger partial charge in [0.1, 0.15) is 5.02 Å². The first-order chi connectivity index (χ1) is 14.0. The predicted octanol–water partition coefficient (Wildman–Crippen LogP) is 3.42. The molecule has 1 aromatic heterocycles. The number of hydrogen-bond acceptors (Lipinski definition) is 6. The van der Waals surface area contributed by atoms with Crippen LogP contribution in [0.15, 0.2) is 0 Å². The van der Waals surface area contributed by atoms with Gasteiger partial charge in [-0.3, -0.25) is 9.69 Å². The lowest BCUT2D eigenvalue weighted by atomic mass is 9.84. The highest BCUT2D eigenvalue weighted by Crippen LogP contribution is 2.32. The third kappa shape index (κ3) is 6.09. The van der Waals surface area contributed by atoms with Gasteiger partial charge in [-0.05, 0) is 44.6 Å². The standard InChI is InChI=1S/C20H32Cl2N6O/c1-3-16(29)24-15-6-4-14(5-7-15)8-9-27-10-12-28(13-11-27)19-17(21)18(22)25-20(23-2)26-19/h14-15H,3-13H2,1-2H3,(H,24,29)(H,23,25,26). The minimum atomic E-state index is 0.179. The van der Waals surface area contributed by atoms with Crippen LogP contribution in [-0.2, 0) is 4.79 Å². The lowest BCUT2D eigenvalue weighted by Gasteiger charge is -2.37. The van der Waals surface area contributed by atoms with Crippen LogP contribution in [0, 0.1) is 5.92 Å². The molecule has 1 saturated carbocycles. The van der Waals surface area contributed by atoms with Gasteiger partial charge >= 0.3 is 0 Å². The molecule has 1 aliphatic carbocycles. The van der Waals surface area contributed by atoms with Crippen LogP contribution in [0.5, 0.6) is 0 Å². The Morgan fingerprint density at radius 1 is 1.10 bits per heavy atom. The number of anilines is 2. The van der Waals surface area contributed by atoms with E-state index >= 15 is 0 Å². The molecule has 0 bridgehead atoms. The molecule has 9 heteroatoms. The summed E-state index contributed by atoms with van der Waals surface area (Å²) in [5.41, 5.74) is 0. The molecule has 2 N–H and O–H groups in total. The monoisotopic (exact) mass is 442 g/mol. The minimum Gasteiger partial charge on any atom is -0.357 e. The third-order valence-corrected chi connectivity index (χ3v) is 6.79. The second-order valence-corrected chi connectivity index (χ2v) is 8.72. The Kier molecular flexibility index (Phi) is 8.21. The van der Waals surface area contributed by atoms with Gasteiger partial charge in [-0.1, -0.05) is 30.1 Å². The summed E-state index contributed by atoms with van der Waals surface area (Å²) in [7, 11) is 1.77. The quantitative estimate of drug-likeness (QED) is 0.630. The van der Waals surface area contributed by atoms with Gasteiger partial charge in [-0.25, -0.2) is 0 Å². The van der Waals surface area contributed by atoms with Crippen LogP contribution in [0.2, 0.25) is 10.2 Å². The molecule has 0 atom stereocenters. The average Bonchev–Trinajstić information content (AvgIpc) is 2.75. The van der Waals surface area contributed by atoms with Crippen LogP contribution in [-0.4, -0.2) is 66.6 Å². The van der Waals surface area contributed by atoms with Crippen molar-refractivity contribution >= 4 is 40.9 Å². The molecule has 0 aromatic carbocycles. The van der Waals surface area contributed by atoms with Crippen LogP contribution < -0.4 is 15.5 Å². The Bertz CT molecular complexity index is 688. The van der Waals surface area contributed by atoms with Crippen molar-refractivity contribution in [3.63, 3.8) is 0 Å². The van der Waals surface area contributed by atoms with Crippen LogP contribution >= 0.6 is 23.2 Å². The largest absolute Gasteiger partial charge is 0.357 e. The lowest BCUT2D eigenvalue weighted by Crippen LogP contribution is -2.47. The molecule has 2 aliphatic rings. The predicted molar refractivity (Wildman–Crippen MR) is 119 cm³/mol.